The first kappa shape index (κ1) is 14.9. The van der Waals surface area contributed by atoms with Crippen LogP contribution in [0.1, 0.15) is 16.8 Å². The third kappa shape index (κ3) is 2.47. The molecule has 3 aromatic heterocycles. The highest BCUT2D eigenvalue weighted by Crippen LogP contribution is 2.24. The molecule has 26 heavy (non-hydrogen) atoms. The summed E-state index contributed by atoms with van der Waals surface area (Å²) in [5, 5.41) is 12.9. The third-order valence-corrected chi connectivity index (χ3v) is 4.72. The van der Waals surface area contributed by atoms with Gasteiger partial charge in [0.25, 0.3) is 0 Å². The van der Waals surface area contributed by atoms with Crippen LogP contribution >= 0.6 is 0 Å². The summed E-state index contributed by atoms with van der Waals surface area (Å²) >= 11 is 0. The molecular formula is C20H18N6. The summed E-state index contributed by atoms with van der Waals surface area (Å²) in [5.41, 5.74) is 7.35. The average molecular weight is 342 g/mol. The molecule has 5 rings (SSSR count). The van der Waals surface area contributed by atoms with Crippen LogP contribution in [0.15, 0.2) is 48.7 Å². The molecule has 0 saturated carbocycles. The number of H-pyrrole nitrogens is 2. The quantitative estimate of drug-likeness (QED) is 0.521. The smallest absolute Gasteiger partial charge is 0.159 e. The second kappa shape index (κ2) is 5.56. The number of benzene rings is 2. The van der Waals surface area contributed by atoms with Crippen molar-refractivity contribution in [1.82, 2.24) is 29.9 Å². The van der Waals surface area contributed by atoms with Gasteiger partial charge in [-0.3, -0.25) is 9.78 Å². The van der Waals surface area contributed by atoms with Crippen molar-refractivity contribution in [1.29, 1.82) is 0 Å². The lowest BCUT2D eigenvalue weighted by Crippen LogP contribution is -2.03. The van der Waals surface area contributed by atoms with Gasteiger partial charge in [0.05, 0.1) is 29.3 Å². The Morgan fingerprint density at radius 1 is 1.00 bits per heavy atom. The van der Waals surface area contributed by atoms with E-state index in [1.54, 1.807) is 0 Å². The first-order chi connectivity index (χ1) is 12.7. The highest BCUT2D eigenvalue weighted by Gasteiger charge is 2.12. The van der Waals surface area contributed by atoms with Crippen LogP contribution in [0.5, 0.6) is 0 Å². The molecule has 0 radical (unpaired) electrons. The van der Waals surface area contributed by atoms with E-state index >= 15 is 0 Å². The number of hydrogen-bond acceptors (Lipinski definition) is 3. The van der Waals surface area contributed by atoms with Crippen LogP contribution in [0.2, 0.25) is 0 Å². The second-order valence-electron chi connectivity index (χ2n) is 6.73. The minimum absolute atomic E-state index is 0.751. The van der Waals surface area contributed by atoms with E-state index in [4.69, 9.17) is 10.1 Å². The van der Waals surface area contributed by atoms with Crippen LogP contribution in [-0.4, -0.2) is 29.9 Å². The molecule has 5 aromatic rings. The molecule has 0 bridgehead atoms. The fourth-order valence-electron chi connectivity index (χ4n) is 3.22. The van der Waals surface area contributed by atoms with E-state index in [2.05, 4.69) is 59.4 Å². The predicted molar refractivity (Wildman–Crippen MR) is 102 cm³/mol. The normalized spacial score (nSPS) is 11.6. The molecule has 0 fully saturated rings. The van der Waals surface area contributed by atoms with E-state index in [1.165, 1.54) is 11.1 Å². The highest BCUT2D eigenvalue weighted by atomic mass is 15.3. The van der Waals surface area contributed by atoms with Gasteiger partial charge in [0.15, 0.2) is 5.82 Å². The van der Waals surface area contributed by atoms with Crippen molar-refractivity contribution in [2.24, 2.45) is 0 Å². The molecule has 3 heterocycles. The maximum Gasteiger partial charge on any atom is 0.159 e. The molecule has 0 unspecified atom stereocenters. The van der Waals surface area contributed by atoms with Crippen molar-refractivity contribution < 1.29 is 0 Å². The molecule has 0 saturated heterocycles. The van der Waals surface area contributed by atoms with Crippen molar-refractivity contribution in [3.8, 4) is 11.5 Å². The number of aromatic amines is 2. The van der Waals surface area contributed by atoms with E-state index in [0.717, 1.165) is 45.7 Å². The van der Waals surface area contributed by atoms with Crippen molar-refractivity contribution in [2.45, 2.75) is 20.4 Å². The zero-order valence-corrected chi connectivity index (χ0v) is 14.6. The molecule has 0 aliphatic heterocycles. The topological polar surface area (TPSA) is 75.2 Å². The fourth-order valence-corrected chi connectivity index (χ4v) is 3.22. The number of aromatic nitrogens is 6. The Kier molecular flexibility index (Phi) is 3.18. The van der Waals surface area contributed by atoms with Crippen LogP contribution < -0.4 is 0 Å². The minimum Gasteiger partial charge on any atom is -0.337 e. The van der Waals surface area contributed by atoms with Gasteiger partial charge in [0.1, 0.15) is 5.69 Å². The SMILES string of the molecule is Cc1ccc(Cn2nc(-c3nc4cc5cn[nH]c5cc4[nH]3)cc2C)cc1. The summed E-state index contributed by atoms with van der Waals surface area (Å²) in [6.45, 7) is 4.92. The van der Waals surface area contributed by atoms with E-state index < -0.39 is 0 Å². The zero-order chi connectivity index (χ0) is 17.7. The van der Waals surface area contributed by atoms with Gasteiger partial charge in [-0.2, -0.15) is 10.2 Å². The van der Waals surface area contributed by atoms with Crippen LogP contribution in [-0.2, 0) is 6.54 Å². The summed E-state index contributed by atoms with van der Waals surface area (Å²) < 4.78 is 2.02. The third-order valence-electron chi connectivity index (χ3n) is 4.72. The Hall–Kier alpha value is -3.41. The molecule has 0 aliphatic rings. The maximum atomic E-state index is 4.75. The van der Waals surface area contributed by atoms with Gasteiger partial charge in [0, 0.05) is 11.1 Å². The van der Waals surface area contributed by atoms with Gasteiger partial charge in [-0.05, 0) is 37.6 Å². The second-order valence-corrected chi connectivity index (χ2v) is 6.73. The largest absolute Gasteiger partial charge is 0.337 e. The van der Waals surface area contributed by atoms with Crippen LogP contribution in [0.3, 0.4) is 0 Å². The number of fused-ring (bicyclic) bond motifs is 2. The van der Waals surface area contributed by atoms with Gasteiger partial charge >= 0.3 is 0 Å². The van der Waals surface area contributed by atoms with Gasteiger partial charge in [-0.1, -0.05) is 29.8 Å². The molecule has 0 atom stereocenters. The molecule has 128 valence electrons. The Balaban J connectivity index is 1.51. The summed E-state index contributed by atoms with van der Waals surface area (Å²) in [6, 6.07) is 14.7. The summed E-state index contributed by atoms with van der Waals surface area (Å²) in [4.78, 5) is 8.08. The van der Waals surface area contributed by atoms with Gasteiger partial charge in [-0.15, -0.1) is 0 Å². The molecule has 2 aromatic carbocycles. The first-order valence-corrected chi connectivity index (χ1v) is 8.59. The molecule has 0 spiro atoms. The Bertz CT molecular complexity index is 1170. The number of hydrogen-bond donors (Lipinski definition) is 2. The lowest BCUT2D eigenvalue weighted by atomic mass is 10.1. The molecule has 6 heteroatoms. The number of nitrogens with zero attached hydrogens (tertiary/aromatic N) is 4. The van der Waals surface area contributed by atoms with Crippen molar-refractivity contribution in [3.63, 3.8) is 0 Å². The monoisotopic (exact) mass is 342 g/mol. The van der Waals surface area contributed by atoms with Gasteiger partial charge in [0.2, 0.25) is 0 Å². The maximum absolute atomic E-state index is 4.75. The summed E-state index contributed by atoms with van der Waals surface area (Å²) in [7, 11) is 0. The first-order valence-electron chi connectivity index (χ1n) is 8.59. The van der Waals surface area contributed by atoms with E-state index in [9.17, 15) is 0 Å². The Labute approximate surface area is 149 Å². The lowest BCUT2D eigenvalue weighted by Gasteiger charge is -2.04. The van der Waals surface area contributed by atoms with Gasteiger partial charge in [-0.25, -0.2) is 4.98 Å². The Morgan fingerprint density at radius 3 is 2.69 bits per heavy atom. The number of aryl methyl sites for hydroxylation is 2. The van der Waals surface area contributed by atoms with E-state index in [-0.39, 0.29) is 0 Å². The van der Waals surface area contributed by atoms with Gasteiger partial charge < -0.3 is 4.98 Å². The van der Waals surface area contributed by atoms with E-state index in [1.807, 2.05) is 23.0 Å². The zero-order valence-electron chi connectivity index (χ0n) is 14.6. The molecule has 0 amide bonds. The average Bonchev–Trinajstić information content (AvgIpc) is 3.33. The predicted octanol–water partition coefficient (Wildman–Crippen LogP) is 3.97. The van der Waals surface area contributed by atoms with Crippen molar-refractivity contribution in [3.05, 3.63) is 65.5 Å². The Morgan fingerprint density at radius 2 is 1.85 bits per heavy atom. The van der Waals surface area contributed by atoms with Crippen LogP contribution in [0.4, 0.5) is 0 Å². The number of rotatable bonds is 3. The summed E-state index contributed by atoms with van der Waals surface area (Å²) in [6.07, 6.45) is 1.81. The molecule has 6 nitrogen and oxygen atoms in total. The number of imidazole rings is 1. The molecule has 2 N–H and O–H groups in total. The van der Waals surface area contributed by atoms with Crippen molar-refractivity contribution in [2.75, 3.05) is 0 Å². The molecule has 0 aliphatic carbocycles. The van der Waals surface area contributed by atoms with Crippen molar-refractivity contribution >= 4 is 21.9 Å². The van der Waals surface area contributed by atoms with Crippen LogP contribution in [0.25, 0.3) is 33.5 Å². The van der Waals surface area contributed by atoms with E-state index in [0.29, 0.717) is 0 Å². The van der Waals surface area contributed by atoms with Crippen LogP contribution in [0, 0.1) is 13.8 Å². The molecular weight excluding hydrogens is 324 g/mol. The fraction of sp³-hybridized carbons (Fsp3) is 0.150. The summed E-state index contributed by atoms with van der Waals surface area (Å²) in [5.74, 6) is 0.784. The standard InChI is InChI=1S/C20H18N6/c1-12-3-5-14(6-4-12)11-26-13(2)7-19(25-26)20-22-17-8-15-10-21-24-16(15)9-18(17)23-20/h3-10H,11H2,1-2H3,(H,21,24)(H,22,23). The lowest BCUT2D eigenvalue weighted by molar-refractivity contribution is 0.666. The highest BCUT2D eigenvalue weighted by molar-refractivity contribution is 5.93. The minimum atomic E-state index is 0.751. The number of nitrogens with one attached hydrogen (secondary N) is 2.